The molecule has 3 aromatic rings. The minimum absolute atomic E-state index is 0.0122. The van der Waals surface area contributed by atoms with Crippen LogP contribution in [0.2, 0.25) is 0 Å². The summed E-state index contributed by atoms with van der Waals surface area (Å²) in [7, 11) is 0. The van der Waals surface area contributed by atoms with Gasteiger partial charge < -0.3 is 10.5 Å². The topological polar surface area (TPSA) is 116 Å². The zero-order valence-electron chi connectivity index (χ0n) is 15.7. The number of nitrogens with zero attached hydrogens (tertiary/aromatic N) is 3. The molecule has 0 unspecified atom stereocenters. The van der Waals surface area contributed by atoms with Gasteiger partial charge in [0, 0.05) is 22.2 Å². The number of benzene rings is 1. The van der Waals surface area contributed by atoms with Gasteiger partial charge in [-0.05, 0) is 24.3 Å². The zero-order chi connectivity index (χ0) is 20.1. The standard InChI is InChI=1S/C20H19FN6O/c1-20(2,3)17-15-14(12(8-22)18(23)28-19(15)27-26-17)13-9-24-25-16(13)10-4-6-11(21)7-5-10/h4-7,9,14H,23H2,1-3H3,(H,24,25)(H,26,27)/t14-/m1/s1. The van der Waals surface area contributed by atoms with Crippen LogP contribution in [-0.2, 0) is 5.41 Å². The molecule has 4 N–H and O–H groups in total. The average molecular weight is 378 g/mol. The summed E-state index contributed by atoms with van der Waals surface area (Å²) in [6.45, 7) is 6.13. The molecule has 0 radical (unpaired) electrons. The van der Waals surface area contributed by atoms with E-state index in [4.69, 9.17) is 10.5 Å². The van der Waals surface area contributed by atoms with Crippen molar-refractivity contribution in [3.8, 4) is 23.2 Å². The van der Waals surface area contributed by atoms with E-state index in [1.807, 2.05) is 20.8 Å². The molecule has 28 heavy (non-hydrogen) atoms. The van der Waals surface area contributed by atoms with E-state index in [1.54, 1.807) is 18.3 Å². The number of H-pyrrole nitrogens is 2. The molecule has 1 aromatic carbocycles. The lowest BCUT2D eigenvalue weighted by molar-refractivity contribution is 0.378. The molecular formula is C20H19FN6O. The quantitative estimate of drug-likeness (QED) is 0.631. The van der Waals surface area contributed by atoms with E-state index in [0.29, 0.717) is 11.6 Å². The van der Waals surface area contributed by atoms with Crippen molar-refractivity contribution in [2.45, 2.75) is 32.1 Å². The lowest BCUT2D eigenvalue weighted by atomic mass is 9.78. The van der Waals surface area contributed by atoms with Gasteiger partial charge in [0.15, 0.2) is 0 Å². The fourth-order valence-corrected chi connectivity index (χ4v) is 3.49. The lowest BCUT2D eigenvalue weighted by Crippen LogP contribution is -2.24. The Morgan fingerprint density at radius 1 is 1.21 bits per heavy atom. The van der Waals surface area contributed by atoms with Crippen molar-refractivity contribution < 1.29 is 9.13 Å². The van der Waals surface area contributed by atoms with Crippen LogP contribution in [-0.4, -0.2) is 20.4 Å². The van der Waals surface area contributed by atoms with Crippen LogP contribution in [0.25, 0.3) is 11.3 Å². The number of aromatic amines is 2. The first-order chi connectivity index (χ1) is 13.3. The van der Waals surface area contributed by atoms with Gasteiger partial charge in [-0.3, -0.25) is 10.2 Å². The first-order valence-corrected chi connectivity index (χ1v) is 8.76. The van der Waals surface area contributed by atoms with Crippen molar-refractivity contribution in [3.05, 3.63) is 64.6 Å². The second-order valence-electron chi connectivity index (χ2n) is 7.70. The van der Waals surface area contributed by atoms with Gasteiger partial charge in [0.1, 0.15) is 17.5 Å². The minimum atomic E-state index is -0.513. The Balaban J connectivity index is 1.96. The monoisotopic (exact) mass is 378 g/mol. The first kappa shape index (κ1) is 17.8. The summed E-state index contributed by atoms with van der Waals surface area (Å²) >= 11 is 0. The Morgan fingerprint density at radius 3 is 2.57 bits per heavy atom. The van der Waals surface area contributed by atoms with Crippen LogP contribution >= 0.6 is 0 Å². The summed E-state index contributed by atoms with van der Waals surface area (Å²) in [4.78, 5) is 0. The van der Waals surface area contributed by atoms with Gasteiger partial charge in [-0.25, -0.2) is 4.39 Å². The molecule has 0 aliphatic carbocycles. The highest BCUT2D eigenvalue weighted by atomic mass is 19.1. The van der Waals surface area contributed by atoms with Crippen molar-refractivity contribution >= 4 is 0 Å². The maximum atomic E-state index is 13.4. The van der Waals surface area contributed by atoms with E-state index >= 15 is 0 Å². The van der Waals surface area contributed by atoms with Crippen molar-refractivity contribution in [3.63, 3.8) is 0 Å². The predicted molar refractivity (Wildman–Crippen MR) is 101 cm³/mol. The van der Waals surface area contributed by atoms with Crippen LogP contribution in [0.4, 0.5) is 4.39 Å². The Morgan fingerprint density at radius 2 is 1.93 bits per heavy atom. The summed E-state index contributed by atoms with van der Waals surface area (Å²) in [5, 5.41) is 24.2. The molecule has 4 rings (SSSR count). The normalized spacial score (nSPS) is 16.5. The van der Waals surface area contributed by atoms with Crippen LogP contribution in [0.15, 0.2) is 41.9 Å². The molecule has 0 spiro atoms. The Labute approximate surface area is 161 Å². The highest BCUT2D eigenvalue weighted by Crippen LogP contribution is 2.47. The third-order valence-electron chi connectivity index (χ3n) is 4.80. The van der Waals surface area contributed by atoms with E-state index in [0.717, 1.165) is 22.4 Å². The maximum Gasteiger partial charge on any atom is 0.244 e. The summed E-state index contributed by atoms with van der Waals surface area (Å²) in [6.07, 6.45) is 1.66. The number of ether oxygens (including phenoxy) is 1. The van der Waals surface area contributed by atoms with Crippen LogP contribution in [0.5, 0.6) is 5.88 Å². The molecule has 1 atom stereocenters. The van der Waals surface area contributed by atoms with Gasteiger partial charge in [-0.15, -0.1) is 5.10 Å². The van der Waals surface area contributed by atoms with E-state index in [2.05, 4.69) is 26.5 Å². The van der Waals surface area contributed by atoms with E-state index < -0.39 is 5.92 Å². The number of nitrogens with two attached hydrogens (primary N) is 1. The maximum absolute atomic E-state index is 13.4. The minimum Gasteiger partial charge on any atom is -0.420 e. The van der Waals surface area contributed by atoms with Crippen molar-refractivity contribution in [1.82, 2.24) is 20.4 Å². The number of aromatic nitrogens is 4. The van der Waals surface area contributed by atoms with Crippen LogP contribution in [0.3, 0.4) is 0 Å². The summed E-state index contributed by atoms with van der Waals surface area (Å²) in [6, 6.07) is 8.25. The second kappa shape index (κ2) is 6.23. The number of fused-ring (bicyclic) bond motifs is 1. The summed E-state index contributed by atoms with van der Waals surface area (Å²) < 4.78 is 19.0. The molecule has 0 amide bonds. The van der Waals surface area contributed by atoms with Gasteiger partial charge in [0.05, 0.1) is 23.4 Å². The average Bonchev–Trinajstić information content (AvgIpc) is 3.27. The van der Waals surface area contributed by atoms with E-state index in [9.17, 15) is 9.65 Å². The smallest absolute Gasteiger partial charge is 0.244 e. The predicted octanol–water partition coefficient (Wildman–Crippen LogP) is 3.45. The number of nitriles is 1. The van der Waals surface area contributed by atoms with Crippen LogP contribution in [0, 0.1) is 17.1 Å². The Kier molecular flexibility index (Phi) is 3.96. The highest BCUT2D eigenvalue weighted by Gasteiger charge is 2.39. The van der Waals surface area contributed by atoms with Gasteiger partial charge >= 0.3 is 0 Å². The first-order valence-electron chi connectivity index (χ1n) is 8.76. The fourth-order valence-electron chi connectivity index (χ4n) is 3.49. The molecule has 0 fully saturated rings. The van der Waals surface area contributed by atoms with Crippen LogP contribution < -0.4 is 10.5 Å². The third kappa shape index (κ3) is 2.72. The number of allylic oxidation sites excluding steroid dienone is 1. The highest BCUT2D eigenvalue weighted by molar-refractivity contribution is 5.68. The summed E-state index contributed by atoms with van der Waals surface area (Å²) in [5.74, 6) is -0.485. The lowest BCUT2D eigenvalue weighted by Gasteiger charge is -2.27. The molecule has 1 aliphatic rings. The molecule has 7 nitrogen and oxygen atoms in total. The molecular weight excluding hydrogens is 359 g/mol. The van der Waals surface area contributed by atoms with E-state index in [1.165, 1.54) is 12.1 Å². The number of hydrogen-bond acceptors (Lipinski definition) is 5. The zero-order valence-corrected chi connectivity index (χ0v) is 15.7. The molecule has 1 aliphatic heterocycles. The molecule has 3 heterocycles. The molecule has 0 saturated carbocycles. The fraction of sp³-hybridized carbons (Fsp3) is 0.250. The molecule has 0 saturated heterocycles. The molecule has 8 heteroatoms. The SMILES string of the molecule is CC(C)(C)c1[nH]nc2c1[C@@H](c1cn[nH]c1-c1ccc(F)cc1)C(C#N)=C(N)O2. The molecule has 142 valence electrons. The van der Waals surface area contributed by atoms with Gasteiger partial charge in [-0.1, -0.05) is 20.8 Å². The number of halogens is 1. The molecule has 2 aromatic heterocycles. The van der Waals surface area contributed by atoms with Crippen LogP contribution in [0.1, 0.15) is 43.5 Å². The van der Waals surface area contributed by atoms with E-state index in [-0.39, 0.29) is 22.7 Å². The van der Waals surface area contributed by atoms with Crippen molar-refractivity contribution in [2.24, 2.45) is 5.73 Å². The number of rotatable bonds is 2. The van der Waals surface area contributed by atoms with Gasteiger partial charge in [0.25, 0.3) is 0 Å². The second-order valence-corrected chi connectivity index (χ2v) is 7.70. The molecule has 0 bridgehead atoms. The number of nitrogens with one attached hydrogen (secondary N) is 2. The largest absolute Gasteiger partial charge is 0.420 e. The Bertz CT molecular complexity index is 1110. The van der Waals surface area contributed by atoms with Crippen molar-refractivity contribution in [1.29, 1.82) is 5.26 Å². The Hall–Kier alpha value is -3.60. The number of hydrogen-bond donors (Lipinski definition) is 3. The summed E-state index contributed by atoms with van der Waals surface area (Å²) in [5.41, 5.74) is 9.81. The van der Waals surface area contributed by atoms with Gasteiger partial charge in [0.2, 0.25) is 11.8 Å². The third-order valence-corrected chi connectivity index (χ3v) is 4.80. The van der Waals surface area contributed by atoms with Gasteiger partial charge in [-0.2, -0.15) is 10.4 Å². The van der Waals surface area contributed by atoms with Crippen molar-refractivity contribution in [2.75, 3.05) is 0 Å².